The van der Waals surface area contributed by atoms with Gasteiger partial charge in [0, 0.05) is 36.8 Å². The molecule has 0 bridgehead atoms. The number of aromatic nitrogens is 1. The van der Waals surface area contributed by atoms with E-state index >= 15 is 0 Å². The number of carbonyl (C=O) groups is 1. The summed E-state index contributed by atoms with van der Waals surface area (Å²) in [7, 11) is 0. The van der Waals surface area contributed by atoms with E-state index < -0.39 is 5.60 Å². The zero-order valence-electron chi connectivity index (χ0n) is 18.1. The Morgan fingerprint density at radius 2 is 1.94 bits per heavy atom. The van der Waals surface area contributed by atoms with E-state index in [4.69, 9.17) is 19.2 Å². The fourth-order valence-electron chi connectivity index (χ4n) is 4.14. The molecule has 0 unspecified atom stereocenters. The highest BCUT2D eigenvalue weighted by molar-refractivity contribution is 5.86. The molecule has 1 amide bonds. The average Bonchev–Trinajstić information content (AvgIpc) is 3.38. The third kappa shape index (κ3) is 3.90. The second kappa shape index (κ2) is 7.45. The van der Waals surface area contributed by atoms with Crippen LogP contribution in [0.2, 0.25) is 0 Å². The number of rotatable bonds is 2. The van der Waals surface area contributed by atoms with Crippen LogP contribution in [0.3, 0.4) is 0 Å². The molecule has 0 spiro atoms. The standard InChI is InChI=1S/C25H26N2O4/c1-25(2,3)31-24(28)27-10-8-16(9-11-27)19-5-6-21-20(19)12-18(14-26-21)17-4-7-22-23(13-17)30-15-29-22/h4-5,7-8,12-14H,6,9-11,15H2,1-3H3. The molecule has 0 saturated carbocycles. The Hall–Kier alpha value is -3.28. The summed E-state index contributed by atoms with van der Waals surface area (Å²) in [5, 5.41) is 0. The minimum atomic E-state index is -0.481. The van der Waals surface area contributed by atoms with E-state index in [0.717, 1.165) is 41.2 Å². The fraction of sp³-hybridized carbons (Fsp3) is 0.360. The third-order valence-electron chi connectivity index (χ3n) is 5.67. The van der Waals surface area contributed by atoms with Crippen LogP contribution in [-0.4, -0.2) is 41.5 Å². The molecule has 31 heavy (non-hydrogen) atoms. The zero-order valence-corrected chi connectivity index (χ0v) is 18.1. The van der Waals surface area contributed by atoms with Crippen molar-refractivity contribution in [2.24, 2.45) is 0 Å². The first-order chi connectivity index (χ1) is 14.9. The van der Waals surface area contributed by atoms with Crippen molar-refractivity contribution in [3.63, 3.8) is 0 Å². The van der Waals surface area contributed by atoms with Crippen LogP contribution in [0.5, 0.6) is 11.5 Å². The van der Waals surface area contributed by atoms with Crippen molar-refractivity contribution in [2.75, 3.05) is 19.9 Å². The normalized spacial score (nSPS) is 17.2. The Morgan fingerprint density at radius 1 is 1.10 bits per heavy atom. The second-order valence-electron chi connectivity index (χ2n) is 9.01. The van der Waals surface area contributed by atoms with E-state index in [1.165, 1.54) is 16.7 Å². The molecule has 2 aliphatic heterocycles. The van der Waals surface area contributed by atoms with Crippen molar-refractivity contribution in [1.29, 1.82) is 0 Å². The average molecular weight is 418 g/mol. The minimum absolute atomic E-state index is 0.254. The van der Waals surface area contributed by atoms with Gasteiger partial charge in [-0.05, 0) is 62.1 Å². The molecule has 6 nitrogen and oxygen atoms in total. The molecule has 1 aliphatic carbocycles. The topological polar surface area (TPSA) is 60.9 Å². The molecule has 1 aromatic carbocycles. The van der Waals surface area contributed by atoms with Gasteiger partial charge in [0.1, 0.15) is 5.60 Å². The molecule has 3 aliphatic rings. The van der Waals surface area contributed by atoms with Crippen molar-refractivity contribution in [3.05, 3.63) is 59.4 Å². The number of nitrogens with zero attached hydrogens (tertiary/aromatic N) is 2. The summed E-state index contributed by atoms with van der Waals surface area (Å²) in [5.41, 5.74) is 6.39. The van der Waals surface area contributed by atoms with Crippen LogP contribution in [0.1, 0.15) is 38.4 Å². The van der Waals surface area contributed by atoms with Crippen molar-refractivity contribution in [3.8, 4) is 22.6 Å². The molecule has 0 fully saturated rings. The lowest BCUT2D eigenvalue weighted by molar-refractivity contribution is 0.0267. The SMILES string of the molecule is CC(C)(C)OC(=O)N1CC=C(C2=CCc3ncc(-c4ccc5c(c4)OCO5)cc32)CC1. The maximum Gasteiger partial charge on any atom is 0.410 e. The zero-order chi connectivity index (χ0) is 21.6. The van der Waals surface area contributed by atoms with Gasteiger partial charge in [0.25, 0.3) is 0 Å². The van der Waals surface area contributed by atoms with Crippen LogP contribution < -0.4 is 9.47 Å². The maximum absolute atomic E-state index is 12.4. The van der Waals surface area contributed by atoms with Crippen molar-refractivity contribution in [2.45, 2.75) is 39.2 Å². The summed E-state index contributed by atoms with van der Waals surface area (Å²) in [5.74, 6) is 1.55. The Bertz CT molecular complexity index is 1110. The van der Waals surface area contributed by atoms with E-state index in [0.29, 0.717) is 13.1 Å². The number of fused-ring (bicyclic) bond motifs is 2. The fourth-order valence-corrected chi connectivity index (χ4v) is 4.14. The number of hydrogen-bond donors (Lipinski definition) is 0. The molecule has 0 saturated heterocycles. The number of benzene rings is 1. The molecule has 3 heterocycles. The molecule has 0 atom stereocenters. The van der Waals surface area contributed by atoms with E-state index in [1.807, 2.05) is 45.2 Å². The predicted molar refractivity (Wildman–Crippen MR) is 118 cm³/mol. The molecule has 0 N–H and O–H groups in total. The summed E-state index contributed by atoms with van der Waals surface area (Å²) in [6.07, 6.45) is 7.69. The number of pyridine rings is 1. The van der Waals surface area contributed by atoms with E-state index in [1.54, 1.807) is 4.90 Å². The predicted octanol–water partition coefficient (Wildman–Crippen LogP) is 4.98. The number of hydrogen-bond acceptors (Lipinski definition) is 5. The van der Waals surface area contributed by atoms with Gasteiger partial charge in [-0.2, -0.15) is 0 Å². The van der Waals surface area contributed by atoms with Gasteiger partial charge in [-0.3, -0.25) is 4.98 Å². The maximum atomic E-state index is 12.4. The van der Waals surface area contributed by atoms with Crippen LogP contribution in [0.4, 0.5) is 4.79 Å². The highest BCUT2D eigenvalue weighted by Crippen LogP contribution is 2.39. The Morgan fingerprint density at radius 3 is 2.71 bits per heavy atom. The summed E-state index contributed by atoms with van der Waals surface area (Å²) < 4.78 is 16.4. The Kier molecular flexibility index (Phi) is 4.73. The highest BCUT2D eigenvalue weighted by atomic mass is 16.7. The first-order valence-corrected chi connectivity index (χ1v) is 10.6. The number of allylic oxidation sites excluding steroid dienone is 2. The van der Waals surface area contributed by atoms with Crippen molar-refractivity contribution in [1.82, 2.24) is 9.88 Å². The van der Waals surface area contributed by atoms with Gasteiger partial charge < -0.3 is 19.1 Å². The lowest BCUT2D eigenvalue weighted by atomic mass is 9.94. The molecule has 0 radical (unpaired) electrons. The number of ether oxygens (including phenoxy) is 3. The summed E-state index contributed by atoms with van der Waals surface area (Å²) in [6, 6.07) is 8.19. The molecule has 2 aromatic rings. The van der Waals surface area contributed by atoms with Gasteiger partial charge in [-0.15, -0.1) is 0 Å². The Labute approximate surface area is 182 Å². The van der Waals surface area contributed by atoms with Crippen LogP contribution in [0.25, 0.3) is 16.7 Å². The summed E-state index contributed by atoms with van der Waals surface area (Å²) in [4.78, 5) is 18.8. The largest absolute Gasteiger partial charge is 0.454 e. The van der Waals surface area contributed by atoms with Crippen molar-refractivity contribution < 1.29 is 19.0 Å². The second-order valence-corrected chi connectivity index (χ2v) is 9.01. The van der Waals surface area contributed by atoms with Crippen molar-refractivity contribution >= 4 is 11.7 Å². The van der Waals surface area contributed by atoms with Gasteiger partial charge in [0.05, 0.1) is 5.69 Å². The number of carbonyl (C=O) groups excluding carboxylic acids is 1. The van der Waals surface area contributed by atoms with Crippen LogP contribution in [0.15, 0.2) is 48.2 Å². The molecular weight excluding hydrogens is 392 g/mol. The highest BCUT2D eigenvalue weighted by Gasteiger charge is 2.26. The summed E-state index contributed by atoms with van der Waals surface area (Å²) >= 11 is 0. The lowest BCUT2D eigenvalue weighted by Gasteiger charge is -2.30. The van der Waals surface area contributed by atoms with E-state index in [2.05, 4.69) is 18.2 Å². The number of amides is 1. The van der Waals surface area contributed by atoms with Crippen LogP contribution in [0, 0.1) is 0 Å². The first-order valence-electron chi connectivity index (χ1n) is 10.6. The van der Waals surface area contributed by atoms with E-state index in [9.17, 15) is 4.79 Å². The van der Waals surface area contributed by atoms with Gasteiger partial charge in [-0.25, -0.2) is 4.79 Å². The third-order valence-corrected chi connectivity index (χ3v) is 5.67. The molecule has 160 valence electrons. The monoisotopic (exact) mass is 418 g/mol. The quantitative estimate of drug-likeness (QED) is 0.688. The molecule has 6 heteroatoms. The molecule has 5 rings (SSSR count). The van der Waals surface area contributed by atoms with Gasteiger partial charge in [0.2, 0.25) is 6.79 Å². The van der Waals surface area contributed by atoms with Gasteiger partial charge >= 0.3 is 6.09 Å². The van der Waals surface area contributed by atoms with Crippen LogP contribution >= 0.6 is 0 Å². The summed E-state index contributed by atoms with van der Waals surface area (Å²) in [6.45, 7) is 7.15. The first kappa shape index (κ1) is 19.7. The smallest absolute Gasteiger partial charge is 0.410 e. The van der Waals surface area contributed by atoms with E-state index in [-0.39, 0.29) is 12.9 Å². The Balaban J connectivity index is 1.36. The molecular formula is C25H26N2O4. The van der Waals surface area contributed by atoms with Gasteiger partial charge in [0.15, 0.2) is 11.5 Å². The minimum Gasteiger partial charge on any atom is -0.454 e. The lowest BCUT2D eigenvalue weighted by Crippen LogP contribution is -2.39. The molecule has 1 aromatic heterocycles. The van der Waals surface area contributed by atoms with Gasteiger partial charge in [-0.1, -0.05) is 18.2 Å². The van der Waals surface area contributed by atoms with Crippen LogP contribution in [-0.2, 0) is 11.2 Å².